The van der Waals surface area contributed by atoms with Gasteiger partial charge in [-0.3, -0.25) is 4.79 Å². The van der Waals surface area contributed by atoms with Crippen molar-refractivity contribution in [2.45, 2.75) is 57.9 Å². The first kappa shape index (κ1) is 15.1. The maximum Gasteiger partial charge on any atom is 0.135 e. The molecule has 2 atom stereocenters. The fraction of sp³-hybridized carbons (Fsp3) is 0.611. The van der Waals surface area contributed by atoms with E-state index < -0.39 is 0 Å². The van der Waals surface area contributed by atoms with E-state index >= 15 is 0 Å². The van der Waals surface area contributed by atoms with Crippen LogP contribution in [0.15, 0.2) is 22.7 Å². The fourth-order valence-electron chi connectivity index (χ4n) is 3.99. The van der Waals surface area contributed by atoms with Gasteiger partial charge in [0, 0.05) is 28.7 Å². The van der Waals surface area contributed by atoms with Gasteiger partial charge in [-0.25, -0.2) is 0 Å². The molecule has 2 unspecified atom stereocenters. The topological polar surface area (TPSA) is 20.3 Å². The van der Waals surface area contributed by atoms with Gasteiger partial charge in [-0.2, -0.15) is 0 Å². The molecule has 2 nitrogen and oxygen atoms in total. The van der Waals surface area contributed by atoms with Crippen LogP contribution in [0.2, 0.25) is 0 Å². The molecule has 0 saturated carbocycles. The Morgan fingerprint density at radius 3 is 2.76 bits per heavy atom. The van der Waals surface area contributed by atoms with E-state index in [9.17, 15) is 4.79 Å². The highest BCUT2D eigenvalue weighted by Crippen LogP contribution is 2.38. The van der Waals surface area contributed by atoms with Gasteiger partial charge in [0.25, 0.3) is 0 Å². The van der Waals surface area contributed by atoms with Crippen LogP contribution in [0.3, 0.4) is 0 Å². The van der Waals surface area contributed by atoms with Gasteiger partial charge in [0.15, 0.2) is 0 Å². The fourth-order valence-corrected chi connectivity index (χ4v) is 4.40. The summed E-state index contributed by atoms with van der Waals surface area (Å²) >= 11 is 3.57. The number of anilines is 1. The van der Waals surface area contributed by atoms with E-state index in [1.165, 1.54) is 49.8 Å². The van der Waals surface area contributed by atoms with Crippen LogP contribution in [0.1, 0.15) is 51.0 Å². The summed E-state index contributed by atoms with van der Waals surface area (Å²) in [5, 5.41) is 0. The maximum absolute atomic E-state index is 12.2. The Hall–Kier alpha value is -0.830. The third-order valence-corrected chi connectivity index (χ3v) is 5.57. The Balaban J connectivity index is 1.99. The highest BCUT2D eigenvalue weighted by molar-refractivity contribution is 9.10. The second-order valence-corrected chi connectivity index (χ2v) is 7.43. The second-order valence-electron chi connectivity index (χ2n) is 6.51. The van der Waals surface area contributed by atoms with E-state index in [0.29, 0.717) is 11.8 Å². The smallest absolute Gasteiger partial charge is 0.135 e. The number of hydrogen-bond acceptors (Lipinski definition) is 2. The first-order valence-electron chi connectivity index (χ1n) is 8.22. The molecule has 0 amide bonds. The lowest BCUT2D eigenvalue weighted by Crippen LogP contribution is -2.48. The quantitative estimate of drug-likeness (QED) is 0.729. The van der Waals surface area contributed by atoms with Crippen molar-refractivity contribution in [3.8, 4) is 0 Å². The average molecular weight is 350 g/mol. The molecule has 0 N–H and O–H groups in total. The number of Topliss-reactive ketones (excluding diaryl/α,β-unsaturated/α-hetero) is 1. The van der Waals surface area contributed by atoms with E-state index in [1.807, 2.05) is 0 Å². The number of rotatable bonds is 1. The van der Waals surface area contributed by atoms with Gasteiger partial charge in [-0.15, -0.1) is 0 Å². The molecule has 1 saturated heterocycles. The zero-order valence-electron chi connectivity index (χ0n) is 12.8. The van der Waals surface area contributed by atoms with Gasteiger partial charge >= 0.3 is 0 Å². The van der Waals surface area contributed by atoms with Crippen LogP contribution in [0, 0.1) is 5.92 Å². The lowest BCUT2D eigenvalue weighted by molar-refractivity contribution is -0.121. The molecule has 114 valence electrons. The first-order chi connectivity index (χ1) is 10.2. The summed E-state index contributed by atoms with van der Waals surface area (Å²) in [5.74, 6) is 0.528. The first-order valence-corrected chi connectivity index (χ1v) is 9.01. The van der Waals surface area contributed by atoms with Crippen molar-refractivity contribution in [2.24, 2.45) is 5.92 Å². The molecule has 1 aromatic carbocycles. The zero-order valence-corrected chi connectivity index (χ0v) is 14.4. The van der Waals surface area contributed by atoms with Crippen LogP contribution in [0.4, 0.5) is 5.69 Å². The van der Waals surface area contributed by atoms with Gasteiger partial charge in [-0.05, 0) is 49.9 Å². The minimum atomic E-state index is 0.171. The number of hydrogen-bond donors (Lipinski definition) is 0. The number of carbonyl (C=O) groups is 1. The Morgan fingerprint density at radius 1 is 1.19 bits per heavy atom. The van der Waals surface area contributed by atoms with E-state index in [2.05, 4.69) is 39.0 Å². The van der Waals surface area contributed by atoms with Crippen LogP contribution in [0.25, 0.3) is 0 Å². The van der Waals surface area contributed by atoms with Crippen LogP contribution in [0.5, 0.6) is 0 Å². The summed E-state index contributed by atoms with van der Waals surface area (Å²) in [6.07, 6.45) is 8.57. The van der Waals surface area contributed by atoms with E-state index in [4.69, 9.17) is 0 Å². The molecule has 1 aromatic rings. The predicted molar refractivity (Wildman–Crippen MR) is 90.9 cm³/mol. The average Bonchev–Trinajstić information content (AvgIpc) is 2.57. The van der Waals surface area contributed by atoms with Gasteiger partial charge in [0.05, 0.1) is 0 Å². The molecule has 1 fully saturated rings. The van der Waals surface area contributed by atoms with Crippen molar-refractivity contribution < 1.29 is 4.79 Å². The normalized spacial score (nSPS) is 26.1. The summed E-state index contributed by atoms with van der Waals surface area (Å²) in [6.45, 7) is 2.88. The highest BCUT2D eigenvalue weighted by atomic mass is 79.9. The minimum absolute atomic E-state index is 0.171. The summed E-state index contributed by atoms with van der Waals surface area (Å²) < 4.78 is 1.12. The predicted octanol–water partition coefficient (Wildman–Crippen LogP) is 4.74. The minimum Gasteiger partial charge on any atom is -0.368 e. The van der Waals surface area contributed by atoms with Gasteiger partial charge in [0.2, 0.25) is 0 Å². The largest absolute Gasteiger partial charge is 0.368 e. The highest BCUT2D eigenvalue weighted by Gasteiger charge is 2.36. The van der Waals surface area contributed by atoms with Crippen LogP contribution in [-0.2, 0) is 11.2 Å². The Labute approximate surface area is 136 Å². The Bertz CT molecular complexity index is 528. The lowest BCUT2D eigenvalue weighted by Gasteiger charge is -2.43. The zero-order chi connectivity index (χ0) is 14.8. The van der Waals surface area contributed by atoms with E-state index in [1.54, 1.807) is 6.92 Å². The molecule has 3 heteroatoms. The Kier molecular flexibility index (Phi) is 4.68. The molecule has 21 heavy (non-hydrogen) atoms. The third-order valence-electron chi connectivity index (χ3n) is 5.08. The second kappa shape index (κ2) is 6.51. The number of fused-ring (bicyclic) bond motifs is 3. The van der Waals surface area contributed by atoms with Crippen molar-refractivity contribution in [1.29, 1.82) is 0 Å². The lowest BCUT2D eigenvalue weighted by atomic mass is 9.81. The molecule has 0 aliphatic carbocycles. The van der Waals surface area contributed by atoms with E-state index in [-0.39, 0.29) is 5.92 Å². The summed E-state index contributed by atoms with van der Waals surface area (Å²) in [6, 6.07) is 6.99. The molecule has 0 radical (unpaired) electrons. The number of benzene rings is 1. The molecule has 3 rings (SSSR count). The van der Waals surface area contributed by atoms with Crippen molar-refractivity contribution >= 4 is 27.4 Å². The molecule has 2 aliphatic heterocycles. The van der Waals surface area contributed by atoms with Crippen molar-refractivity contribution in [3.63, 3.8) is 0 Å². The summed E-state index contributed by atoms with van der Waals surface area (Å²) in [5.41, 5.74) is 2.70. The summed E-state index contributed by atoms with van der Waals surface area (Å²) in [7, 11) is 0. The number of nitrogens with zero attached hydrogens (tertiary/aromatic N) is 1. The standard InChI is InChI=1S/C18H24BrNO/c1-13(21)16-12-14-11-15(19)8-9-17(14)20-10-6-4-2-3-5-7-18(16)20/h8-9,11,16,18H,2-7,10,12H2,1H3. The van der Waals surface area contributed by atoms with Gasteiger partial charge < -0.3 is 4.90 Å². The molecular weight excluding hydrogens is 326 g/mol. The van der Waals surface area contributed by atoms with Gasteiger partial charge in [-0.1, -0.05) is 41.6 Å². The van der Waals surface area contributed by atoms with Crippen molar-refractivity contribution in [1.82, 2.24) is 0 Å². The monoisotopic (exact) mass is 349 g/mol. The molecule has 2 aliphatic rings. The van der Waals surface area contributed by atoms with Crippen molar-refractivity contribution in [3.05, 3.63) is 28.2 Å². The molecular formula is C18H24BrNO. The SMILES string of the molecule is CC(=O)C1Cc2cc(Br)ccc2N2CCCCCCCC12. The molecule has 0 spiro atoms. The summed E-state index contributed by atoms with van der Waals surface area (Å²) in [4.78, 5) is 14.7. The maximum atomic E-state index is 12.2. The number of halogens is 1. The van der Waals surface area contributed by atoms with Crippen LogP contribution < -0.4 is 4.90 Å². The molecule has 0 bridgehead atoms. The van der Waals surface area contributed by atoms with E-state index in [0.717, 1.165) is 17.4 Å². The van der Waals surface area contributed by atoms with Crippen LogP contribution in [-0.4, -0.2) is 18.4 Å². The number of carbonyl (C=O) groups excluding carboxylic acids is 1. The molecule has 0 aromatic heterocycles. The van der Waals surface area contributed by atoms with Crippen molar-refractivity contribution in [2.75, 3.05) is 11.4 Å². The molecule has 2 heterocycles. The van der Waals surface area contributed by atoms with Gasteiger partial charge in [0.1, 0.15) is 5.78 Å². The third kappa shape index (κ3) is 3.18. The Morgan fingerprint density at radius 2 is 1.95 bits per heavy atom. The number of ketones is 1. The van der Waals surface area contributed by atoms with Crippen LogP contribution >= 0.6 is 15.9 Å².